The Bertz CT molecular complexity index is 573. The van der Waals surface area contributed by atoms with E-state index < -0.39 is 0 Å². The molecule has 0 radical (unpaired) electrons. The zero-order chi connectivity index (χ0) is 15.2. The van der Waals surface area contributed by atoms with Gasteiger partial charge in [0, 0.05) is 17.8 Å². The number of benzene rings is 1. The Morgan fingerprint density at radius 1 is 1.29 bits per heavy atom. The van der Waals surface area contributed by atoms with Gasteiger partial charge in [-0.15, -0.1) is 0 Å². The third kappa shape index (κ3) is 2.20. The molecule has 0 aliphatic heterocycles. The van der Waals surface area contributed by atoms with Gasteiger partial charge >= 0.3 is 0 Å². The molecule has 1 fully saturated rings. The van der Waals surface area contributed by atoms with Crippen LogP contribution < -0.4 is 4.74 Å². The van der Waals surface area contributed by atoms with Gasteiger partial charge in [0.05, 0.1) is 7.11 Å². The zero-order valence-electron chi connectivity index (χ0n) is 13.7. The molecule has 0 amide bonds. The topological polar surface area (TPSA) is 26.3 Å². The van der Waals surface area contributed by atoms with Crippen molar-refractivity contribution in [3.8, 4) is 5.75 Å². The quantitative estimate of drug-likeness (QED) is 0.806. The zero-order valence-corrected chi connectivity index (χ0v) is 13.7. The molecule has 2 aliphatic rings. The van der Waals surface area contributed by atoms with Crippen molar-refractivity contribution in [3.63, 3.8) is 0 Å². The van der Waals surface area contributed by atoms with Crippen molar-refractivity contribution in [1.29, 1.82) is 0 Å². The monoisotopic (exact) mass is 286 g/mol. The molecule has 0 bridgehead atoms. The van der Waals surface area contributed by atoms with Crippen LogP contribution in [0.25, 0.3) is 0 Å². The van der Waals surface area contributed by atoms with Crippen LogP contribution in [-0.2, 0) is 16.6 Å². The summed E-state index contributed by atoms with van der Waals surface area (Å²) in [7, 11) is 1.75. The first kappa shape index (κ1) is 14.6. The lowest BCUT2D eigenvalue weighted by molar-refractivity contribution is -0.128. The molecule has 0 saturated heterocycles. The molecule has 0 unspecified atom stereocenters. The van der Waals surface area contributed by atoms with Gasteiger partial charge in [0.1, 0.15) is 11.5 Å². The summed E-state index contributed by atoms with van der Waals surface area (Å²) in [4.78, 5) is 12.3. The minimum Gasteiger partial charge on any atom is -0.496 e. The summed E-state index contributed by atoms with van der Waals surface area (Å²) in [6.45, 7) is 6.71. The highest BCUT2D eigenvalue weighted by atomic mass is 16.5. The molecule has 2 heteroatoms. The average Bonchev–Trinajstić information content (AvgIpc) is 2.45. The van der Waals surface area contributed by atoms with E-state index in [4.69, 9.17) is 4.74 Å². The van der Waals surface area contributed by atoms with E-state index >= 15 is 0 Å². The molecule has 2 nitrogen and oxygen atoms in total. The Hall–Kier alpha value is -1.31. The van der Waals surface area contributed by atoms with E-state index in [1.165, 1.54) is 16.7 Å². The van der Waals surface area contributed by atoms with Gasteiger partial charge < -0.3 is 4.74 Å². The smallest absolute Gasteiger partial charge is 0.136 e. The maximum absolute atomic E-state index is 12.3. The fourth-order valence-corrected chi connectivity index (χ4v) is 4.45. The molecular weight excluding hydrogens is 260 g/mol. The van der Waals surface area contributed by atoms with Crippen molar-refractivity contribution in [2.24, 2.45) is 5.92 Å². The number of methoxy groups -OCH3 is 1. The Morgan fingerprint density at radius 2 is 2.05 bits per heavy atom. The van der Waals surface area contributed by atoms with E-state index in [2.05, 4.69) is 32.9 Å². The summed E-state index contributed by atoms with van der Waals surface area (Å²) in [5, 5.41) is 0. The van der Waals surface area contributed by atoms with Crippen LogP contribution in [0, 0.1) is 5.92 Å². The SMILES string of the molecule is COc1cc2c(cc1C(C)C)CC[C@H]1C(=O)CCC[C@]21C. The second kappa shape index (κ2) is 5.15. The van der Waals surface area contributed by atoms with E-state index in [0.717, 1.165) is 37.9 Å². The Kier molecular flexibility index (Phi) is 3.59. The number of carbonyl (C=O) groups excluding carboxylic acids is 1. The lowest BCUT2D eigenvalue weighted by Crippen LogP contribution is -2.44. The van der Waals surface area contributed by atoms with Crippen molar-refractivity contribution in [2.45, 2.75) is 64.2 Å². The number of rotatable bonds is 2. The second-order valence-corrected chi connectivity index (χ2v) is 7.23. The summed E-state index contributed by atoms with van der Waals surface area (Å²) in [5.74, 6) is 2.14. The van der Waals surface area contributed by atoms with Crippen LogP contribution in [0.2, 0.25) is 0 Å². The number of hydrogen-bond acceptors (Lipinski definition) is 2. The standard InChI is InChI=1S/C19H26O2/c1-12(2)14-10-13-7-8-15-17(20)6-5-9-19(15,3)16(13)11-18(14)21-4/h10-12,15H,5-9H2,1-4H3/t15-,19-/m0/s1. The minimum atomic E-state index is 0.0195. The first-order valence-electron chi connectivity index (χ1n) is 8.21. The molecule has 2 atom stereocenters. The van der Waals surface area contributed by atoms with E-state index in [1.54, 1.807) is 7.11 Å². The summed E-state index contributed by atoms with van der Waals surface area (Å²) >= 11 is 0. The van der Waals surface area contributed by atoms with Gasteiger partial charge in [-0.3, -0.25) is 4.79 Å². The lowest BCUT2D eigenvalue weighted by atomic mass is 9.57. The fourth-order valence-electron chi connectivity index (χ4n) is 4.45. The van der Waals surface area contributed by atoms with Crippen LogP contribution in [0.3, 0.4) is 0 Å². The van der Waals surface area contributed by atoms with Crippen LogP contribution in [0.15, 0.2) is 12.1 Å². The number of hydrogen-bond donors (Lipinski definition) is 0. The molecule has 21 heavy (non-hydrogen) atoms. The first-order valence-corrected chi connectivity index (χ1v) is 8.21. The third-order valence-electron chi connectivity index (χ3n) is 5.67. The van der Waals surface area contributed by atoms with Crippen LogP contribution in [0.1, 0.15) is 69.1 Å². The Labute approximate surface area is 127 Å². The van der Waals surface area contributed by atoms with Gasteiger partial charge in [-0.2, -0.15) is 0 Å². The maximum atomic E-state index is 12.3. The third-order valence-corrected chi connectivity index (χ3v) is 5.67. The van der Waals surface area contributed by atoms with Gasteiger partial charge in [0.2, 0.25) is 0 Å². The van der Waals surface area contributed by atoms with Gasteiger partial charge in [-0.05, 0) is 54.4 Å². The number of carbonyl (C=O) groups is 1. The second-order valence-electron chi connectivity index (χ2n) is 7.23. The highest BCUT2D eigenvalue weighted by Crippen LogP contribution is 2.50. The van der Waals surface area contributed by atoms with E-state index in [0.29, 0.717) is 11.7 Å². The van der Waals surface area contributed by atoms with Gasteiger partial charge in [-0.25, -0.2) is 0 Å². The van der Waals surface area contributed by atoms with Crippen molar-refractivity contribution in [1.82, 2.24) is 0 Å². The maximum Gasteiger partial charge on any atom is 0.136 e. The molecule has 1 aromatic carbocycles. The lowest BCUT2D eigenvalue weighted by Gasteiger charge is -2.45. The van der Waals surface area contributed by atoms with Gasteiger partial charge in [-0.1, -0.05) is 26.8 Å². The molecule has 2 aliphatic carbocycles. The molecule has 114 valence electrons. The fraction of sp³-hybridized carbons (Fsp3) is 0.632. The highest BCUT2D eigenvalue weighted by molar-refractivity contribution is 5.84. The predicted molar refractivity (Wildman–Crippen MR) is 85.1 cm³/mol. The van der Waals surface area contributed by atoms with E-state index in [1.807, 2.05) is 0 Å². The van der Waals surface area contributed by atoms with Crippen LogP contribution in [-0.4, -0.2) is 12.9 Å². The summed E-state index contributed by atoms with van der Waals surface area (Å²) < 4.78 is 5.64. The normalized spacial score (nSPS) is 28.2. The van der Waals surface area contributed by atoms with Crippen molar-refractivity contribution < 1.29 is 9.53 Å². The number of ether oxygens (including phenoxy) is 1. The number of aryl methyl sites for hydroxylation is 1. The average molecular weight is 286 g/mol. The first-order chi connectivity index (χ1) is 9.97. The summed E-state index contributed by atoms with van der Waals surface area (Å²) in [6.07, 6.45) is 4.98. The van der Waals surface area contributed by atoms with Crippen molar-refractivity contribution in [3.05, 3.63) is 28.8 Å². The molecule has 1 aromatic rings. The van der Waals surface area contributed by atoms with Gasteiger partial charge in [0.15, 0.2) is 0 Å². The number of ketones is 1. The van der Waals surface area contributed by atoms with Crippen LogP contribution >= 0.6 is 0 Å². The molecule has 1 saturated carbocycles. The van der Waals surface area contributed by atoms with Gasteiger partial charge in [0.25, 0.3) is 0 Å². The van der Waals surface area contributed by atoms with E-state index in [-0.39, 0.29) is 11.3 Å². The number of fused-ring (bicyclic) bond motifs is 3. The largest absolute Gasteiger partial charge is 0.496 e. The molecule has 3 rings (SSSR count). The van der Waals surface area contributed by atoms with Crippen molar-refractivity contribution in [2.75, 3.05) is 7.11 Å². The summed E-state index contributed by atoms with van der Waals surface area (Å²) in [5.41, 5.74) is 4.12. The predicted octanol–water partition coefficient (Wildman–Crippen LogP) is 4.39. The molecule has 0 N–H and O–H groups in total. The highest BCUT2D eigenvalue weighted by Gasteiger charge is 2.46. The Morgan fingerprint density at radius 3 is 2.71 bits per heavy atom. The molecular formula is C19H26O2. The molecule has 0 heterocycles. The number of Topliss-reactive ketones (excluding diaryl/α,β-unsaturated/α-hetero) is 1. The molecule has 0 spiro atoms. The minimum absolute atomic E-state index is 0.0195. The molecule has 0 aromatic heterocycles. The van der Waals surface area contributed by atoms with Crippen LogP contribution in [0.5, 0.6) is 5.75 Å². The van der Waals surface area contributed by atoms with Crippen LogP contribution in [0.4, 0.5) is 0 Å². The Balaban J connectivity index is 2.14. The summed E-state index contributed by atoms with van der Waals surface area (Å²) in [6, 6.07) is 4.56. The van der Waals surface area contributed by atoms with E-state index in [9.17, 15) is 4.79 Å². The van der Waals surface area contributed by atoms with Crippen molar-refractivity contribution >= 4 is 5.78 Å².